The zero-order chi connectivity index (χ0) is 12.3. The Morgan fingerprint density at radius 3 is 3.00 bits per heavy atom. The summed E-state index contributed by atoms with van der Waals surface area (Å²) in [6.45, 7) is 4.85. The van der Waals surface area contributed by atoms with Gasteiger partial charge in [-0.3, -0.25) is 4.90 Å². The van der Waals surface area contributed by atoms with Gasteiger partial charge in [0.15, 0.2) is 0 Å². The van der Waals surface area contributed by atoms with E-state index in [0.29, 0.717) is 12.6 Å². The second kappa shape index (κ2) is 5.61. The van der Waals surface area contributed by atoms with E-state index in [4.69, 9.17) is 5.73 Å². The van der Waals surface area contributed by atoms with Crippen molar-refractivity contribution in [3.63, 3.8) is 0 Å². The Morgan fingerprint density at radius 1 is 1.47 bits per heavy atom. The summed E-state index contributed by atoms with van der Waals surface area (Å²) < 4.78 is 13.1. The Morgan fingerprint density at radius 2 is 2.29 bits per heavy atom. The van der Waals surface area contributed by atoms with E-state index in [0.717, 1.165) is 31.0 Å². The molecule has 3 heteroatoms. The summed E-state index contributed by atoms with van der Waals surface area (Å²) in [5.41, 5.74) is 6.86. The quantitative estimate of drug-likeness (QED) is 0.873. The molecule has 0 aromatic heterocycles. The van der Waals surface area contributed by atoms with Crippen LogP contribution in [0.4, 0.5) is 4.39 Å². The molecule has 2 rings (SSSR count). The van der Waals surface area contributed by atoms with Gasteiger partial charge in [0.25, 0.3) is 0 Å². The molecule has 1 aromatic carbocycles. The molecule has 1 fully saturated rings. The third-order valence-electron chi connectivity index (χ3n) is 3.65. The molecule has 0 bridgehead atoms. The van der Waals surface area contributed by atoms with E-state index in [1.54, 1.807) is 12.1 Å². The van der Waals surface area contributed by atoms with E-state index >= 15 is 0 Å². The van der Waals surface area contributed by atoms with Gasteiger partial charge in [0.1, 0.15) is 5.82 Å². The summed E-state index contributed by atoms with van der Waals surface area (Å²) in [5.74, 6) is 0.601. The van der Waals surface area contributed by atoms with E-state index in [1.807, 2.05) is 6.07 Å². The van der Waals surface area contributed by atoms with E-state index in [-0.39, 0.29) is 5.82 Å². The summed E-state index contributed by atoms with van der Waals surface area (Å²) in [6, 6.07) is 7.30. The number of nitrogens with zero attached hydrogens (tertiary/aromatic N) is 1. The van der Waals surface area contributed by atoms with Gasteiger partial charge in [0, 0.05) is 19.1 Å². The minimum Gasteiger partial charge on any atom is -0.329 e. The summed E-state index contributed by atoms with van der Waals surface area (Å²) in [7, 11) is 0. The summed E-state index contributed by atoms with van der Waals surface area (Å²) in [5, 5.41) is 0. The van der Waals surface area contributed by atoms with E-state index in [9.17, 15) is 4.39 Å². The molecule has 2 atom stereocenters. The van der Waals surface area contributed by atoms with Gasteiger partial charge in [0.05, 0.1) is 0 Å². The second-order valence-corrected chi connectivity index (χ2v) is 5.12. The van der Waals surface area contributed by atoms with Gasteiger partial charge in [-0.25, -0.2) is 4.39 Å². The zero-order valence-corrected chi connectivity index (χ0v) is 10.4. The van der Waals surface area contributed by atoms with E-state index in [2.05, 4.69) is 11.8 Å². The normalized spacial score (nSPS) is 26.1. The first kappa shape index (κ1) is 12.5. The highest BCUT2D eigenvalue weighted by Crippen LogP contribution is 2.23. The molecular weight excluding hydrogens is 215 g/mol. The number of piperidine rings is 1. The van der Waals surface area contributed by atoms with Crippen LogP contribution in [-0.2, 0) is 6.54 Å². The van der Waals surface area contributed by atoms with Crippen LogP contribution in [0.5, 0.6) is 0 Å². The number of likely N-dealkylation sites (tertiary alicyclic amines) is 1. The van der Waals surface area contributed by atoms with Crippen molar-refractivity contribution in [1.82, 2.24) is 4.90 Å². The Kier molecular flexibility index (Phi) is 4.13. The standard InChI is InChI=1S/C14H21FN2/c1-11-5-6-17(14(7-11)9-16)10-12-3-2-4-13(15)8-12/h2-4,8,11,14H,5-7,9-10,16H2,1H3. The third-order valence-corrected chi connectivity index (χ3v) is 3.65. The smallest absolute Gasteiger partial charge is 0.123 e. The minimum absolute atomic E-state index is 0.155. The van der Waals surface area contributed by atoms with Gasteiger partial charge < -0.3 is 5.73 Å². The van der Waals surface area contributed by atoms with Crippen LogP contribution in [-0.4, -0.2) is 24.0 Å². The van der Waals surface area contributed by atoms with Crippen molar-refractivity contribution in [2.24, 2.45) is 11.7 Å². The van der Waals surface area contributed by atoms with Crippen molar-refractivity contribution in [2.75, 3.05) is 13.1 Å². The largest absolute Gasteiger partial charge is 0.329 e. The minimum atomic E-state index is -0.155. The van der Waals surface area contributed by atoms with Crippen LogP contribution < -0.4 is 5.73 Å². The molecule has 1 aromatic rings. The van der Waals surface area contributed by atoms with Crippen molar-refractivity contribution >= 4 is 0 Å². The van der Waals surface area contributed by atoms with Gasteiger partial charge in [-0.05, 0) is 43.0 Å². The van der Waals surface area contributed by atoms with Crippen LogP contribution in [0.3, 0.4) is 0 Å². The molecule has 94 valence electrons. The second-order valence-electron chi connectivity index (χ2n) is 5.12. The topological polar surface area (TPSA) is 29.3 Å². The van der Waals surface area contributed by atoms with Gasteiger partial charge in [-0.15, -0.1) is 0 Å². The molecule has 0 aliphatic carbocycles. The van der Waals surface area contributed by atoms with Crippen LogP contribution in [0, 0.1) is 11.7 Å². The molecule has 1 saturated heterocycles. The molecule has 0 saturated carbocycles. The summed E-state index contributed by atoms with van der Waals surface area (Å²) >= 11 is 0. The molecule has 0 amide bonds. The summed E-state index contributed by atoms with van der Waals surface area (Å²) in [4.78, 5) is 2.38. The van der Waals surface area contributed by atoms with Gasteiger partial charge in [-0.1, -0.05) is 19.1 Å². The lowest BCUT2D eigenvalue weighted by Gasteiger charge is -2.38. The predicted molar refractivity (Wildman–Crippen MR) is 68.1 cm³/mol. The SMILES string of the molecule is CC1CCN(Cc2cccc(F)c2)C(CN)C1. The van der Waals surface area contributed by atoms with Crippen molar-refractivity contribution in [3.8, 4) is 0 Å². The Labute approximate surface area is 103 Å². The van der Waals surface area contributed by atoms with E-state index < -0.39 is 0 Å². The van der Waals surface area contributed by atoms with Crippen LogP contribution in [0.2, 0.25) is 0 Å². The average Bonchev–Trinajstić information content (AvgIpc) is 2.31. The number of halogens is 1. The van der Waals surface area contributed by atoms with Crippen LogP contribution in [0.1, 0.15) is 25.3 Å². The molecule has 2 N–H and O–H groups in total. The Hall–Kier alpha value is -0.930. The maximum Gasteiger partial charge on any atom is 0.123 e. The van der Waals surface area contributed by atoms with Crippen molar-refractivity contribution in [3.05, 3.63) is 35.6 Å². The predicted octanol–water partition coefficient (Wildman–Crippen LogP) is 2.38. The first-order chi connectivity index (χ1) is 8.19. The van der Waals surface area contributed by atoms with Crippen molar-refractivity contribution < 1.29 is 4.39 Å². The molecule has 17 heavy (non-hydrogen) atoms. The number of rotatable bonds is 3. The van der Waals surface area contributed by atoms with Gasteiger partial charge >= 0.3 is 0 Å². The maximum absolute atomic E-state index is 13.1. The molecule has 0 radical (unpaired) electrons. The number of benzene rings is 1. The molecule has 1 heterocycles. The molecule has 1 aliphatic rings. The van der Waals surface area contributed by atoms with Crippen LogP contribution in [0.15, 0.2) is 24.3 Å². The van der Waals surface area contributed by atoms with Crippen molar-refractivity contribution in [1.29, 1.82) is 0 Å². The average molecular weight is 236 g/mol. The monoisotopic (exact) mass is 236 g/mol. The highest BCUT2D eigenvalue weighted by atomic mass is 19.1. The fourth-order valence-electron chi connectivity index (χ4n) is 2.62. The maximum atomic E-state index is 13.1. The molecule has 0 spiro atoms. The number of nitrogens with two attached hydrogens (primary N) is 1. The van der Waals surface area contributed by atoms with Crippen LogP contribution in [0.25, 0.3) is 0 Å². The Balaban J connectivity index is 2.02. The Bertz CT molecular complexity index is 367. The highest BCUT2D eigenvalue weighted by molar-refractivity contribution is 5.16. The lowest BCUT2D eigenvalue weighted by Crippen LogP contribution is -2.45. The molecule has 1 aliphatic heterocycles. The number of hydrogen-bond donors (Lipinski definition) is 1. The number of hydrogen-bond acceptors (Lipinski definition) is 2. The lowest BCUT2D eigenvalue weighted by atomic mass is 9.92. The first-order valence-electron chi connectivity index (χ1n) is 6.37. The first-order valence-corrected chi connectivity index (χ1v) is 6.37. The van der Waals surface area contributed by atoms with Crippen LogP contribution >= 0.6 is 0 Å². The molecular formula is C14H21FN2. The fourth-order valence-corrected chi connectivity index (χ4v) is 2.62. The van der Waals surface area contributed by atoms with Gasteiger partial charge in [0.2, 0.25) is 0 Å². The van der Waals surface area contributed by atoms with Crippen molar-refractivity contribution in [2.45, 2.75) is 32.4 Å². The summed E-state index contributed by atoms with van der Waals surface area (Å²) in [6.07, 6.45) is 2.37. The molecule has 2 unspecified atom stereocenters. The lowest BCUT2D eigenvalue weighted by molar-refractivity contribution is 0.115. The highest BCUT2D eigenvalue weighted by Gasteiger charge is 2.25. The molecule has 2 nitrogen and oxygen atoms in total. The van der Waals surface area contributed by atoms with Gasteiger partial charge in [-0.2, -0.15) is 0 Å². The zero-order valence-electron chi connectivity index (χ0n) is 10.4. The van der Waals surface area contributed by atoms with E-state index in [1.165, 1.54) is 12.5 Å². The fraction of sp³-hybridized carbons (Fsp3) is 0.571. The third kappa shape index (κ3) is 3.27.